The van der Waals surface area contributed by atoms with Crippen molar-refractivity contribution >= 4 is 65.2 Å². The number of aromatic amines is 1. The smallest absolute Gasteiger partial charge is 0.0568 e. The molecule has 0 aliphatic heterocycles. The fourth-order valence-corrected chi connectivity index (χ4v) is 11.7. The van der Waals surface area contributed by atoms with Crippen LogP contribution in [-0.2, 0) is 12.5 Å². The third-order valence-corrected chi connectivity index (χ3v) is 14.1. The number of hydrogen-bond donors (Lipinski definition) is 1. The van der Waals surface area contributed by atoms with E-state index in [9.17, 15) is 0 Å². The summed E-state index contributed by atoms with van der Waals surface area (Å²) in [4.78, 5) is 3.84. The second-order valence-corrected chi connectivity index (χ2v) is 16.8. The molecular weight excluding hydrogens is 701 g/mol. The van der Waals surface area contributed by atoms with Crippen molar-refractivity contribution in [2.75, 3.05) is 0 Å². The monoisotopic (exact) mass is 740 g/mol. The van der Waals surface area contributed by atoms with Crippen LogP contribution in [0.15, 0.2) is 170 Å². The molecule has 0 atom stereocenters. The first kappa shape index (κ1) is 32.2. The van der Waals surface area contributed by atoms with Gasteiger partial charge in [0.05, 0.1) is 11.0 Å². The molecule has 11 aromatic rings. The van der Waals surface area contributed by atoms with E-state index < -0.39 is 0 Å². The van der Waals surface area contributed by atoms with Gasteiger partial charge in [-0.2, -0.15) is 0 Å². The van der Waals surface area contributed by atoms with Gasteiger partial charge in [0.1, 0.15) is 0 Å². The van der Waals surface area contributed by atoms with Gasteiger partial charge in [-0.1, -0.05) is 165 Å². The summed E-state index contributed by atoms with van der Waals surface area (Å²) in [6.07, 6.45) is 4.99. The SMILES string of the molecule is Cn1c2ccccc2c2cccc(-c3cccc4c(-c5cccc6c5-c5ccccc5C65CCCC5)c5cccc(-c6cccc7c6[nH]c6ccccc67)c5cc34)c21. The van der Waals surface area contributed by atoms with Crippen molar-refractivity contribution in [2.45, 2.75) is 31.1 Å². The summed E-state index contributed by atoms with van der Waals surface area (Å²) in [5.41, 5.74) is 18.5. The second-order valence-electron chi connectivity index (χ2n) is 16.8. The molecule has 58 heavy (non-hydrogen) atoms. The van der Waals surface area contributed by atoms with Gasteiger partial charge in [-0.05, 0) is 97.1 Å². The van der Waals surface area contributed by atoms with Gasteiger partial charge in [0.25, 0.3) is 0 Å². The molecule has 13 rings (SSSR count). The zero-order chi connectivity index (χ0) is 38.1. The first-order valence-corrected chi connectivity index (χ1v) is 20.9. The highest BCUT2D eigenvalue weighted by molar-refractivity contribution is 6.24. The van der Waals surface area contributed by atoms with Crippen LogP contribution in [0.25, 0.3) is 110 Å². The van der Waals surface area contributed by atoms with Crippen molar-refractivity contribution in [1.82, 2.24) is 9.55 Å². The zero-order valence-electron chi connectivity index (χ0n) is 32.4. The number of fused-ring (bicyclic) bond motifs is 13. The first-order valence-electron chi connectivity index (χ1n) is 20.9. The van der Waals surface area contributed by atoms with E-state index in [0.717, 1.165) is 0 Å². The minimum atomic E-state index is 0.0914. The number of para-hydroxylation sites is 4. The Morgan fingerprint density at radius 3 is 1.78 bits per heavy atom. The molecule has 2 aliphatic carbocycles. The Kier molecular flexibility index (Phi) is 6.56. The standard InChI is InChI=1S/C56H40N2/c1-58-51-30-7-4-16-37(51)43-25-13-24-42(55(43)58)35-19-11-21-39-47(35)33-46-34(40-22-12-23-41-36-15-3-6-29-50(36)57-54(40)41)18-10-20-38(46)52(39)45-26-14-28-49-53(45)44-17-2-5-27-48(44)56(49)31-8-9-32-56/h2-7,10-30,33,57H,8-9,31-32H2,1H3. The molecule has 2 aromatic heterocycles. The molecule has 1 saturated carbocycles. The third kappa shape index (κ3) is 4.17. The summed E-state index contributed by atoms with van der Waals surface area (Å²) in [6, 6.07) is 64.2. The Morgan fingerprint density at radius 1 is 0.414 bits per heavy atom. The largest absolute Gasteiger partial charge is 0.354 e. The summed E-state index contributed by atoms with van der Waals surface area (Å²) < 4.78 is 2.39. The molecule has 0 unspecified atom stereocenters. The topological polar surface area (TPSA) is 20.7 Å². The summed E-state index contributed by atoms with van der Waals surface area (Å²) in [5, 5.41) is 10.2. The van der Waals surface area contributed by atoms with Gasteiger partial charge in [0, 0.05) is 56.2 Å². The van der Waals surface area contributed by atoms with Crippen molar-refractivity contribution in [3.05, 3.63) is 181 Å². The fourth-order valence-electron chi connectivity index (χ4n) is 11.7. The van der Waals surface area contributed by atoms with Gasteiger partial charge in [-0.15, -0.1) is 0 Å². The van der Waals surface area contributed by atoms with Gasteiger partial charge in [-0.3, -0.25) is 0 Å². The maximum absolute atomic E-state index is 3.84. The molecule has 2 heteroatoms. The second kappa shape index (κ2) is 11.8. The van der Waals surface area contributed by atoms with Crippen LogP contribution >= 0.6 is 0 Å². The molecule has 0 radical (unpaired) electrons. The van der Waals surface area contributed by atoms with Crippen LogP contribution in [0.3, 0.4) is 0 Å². The lowest BCUT2D eigenvalue weighted by Gasteiger charge is -2.27. The van der Waals surface area contributed by atoms with Crippen LogP contribution < -0.4 is 0 Å². The van der Waals surface area contributed by atoms with Gasteiger partial charge >= 0.3 is 0 Å². The van der Waals surface area contributed by atoms with E-state index in [4.69, 9.17) is 0 Å². The minimum absolute atomic E-state index is 0.0914. The average molecular weight is 741 g/mol. The van der Waals surface area contributed by atoms with Crippen LogP contribution in [0.1, 0.15) is 36.8 Å². The van der Waals surface area contributed by atoms with E-state index in [2.05, 4.69) is 186 Å². The van der Waals surface area contributed by atoms with E-state index in [1.54, 1.807) is 0 Å². The predicted molar refractivity (Wildman–Crippen MR) is 246 cm³/mol. The number of rotatable bonds is 3. The van der Waals surface area contributed by atoms with Crippen LogP contribution in [0.5, 0.6) is 0 Å². The van der Waals surface area contributed by atoms with Crippen molar-refractivity contribution < 1.29 is 0 Å². The molecule has 0 amide bonds. The van der Waals surface area contributed by atoms with E-state index >= 15 is 0 Å². The predicted octanol–water partition coefficient (Wildman–Crippen LogP) is 15.1. The number of aryl methyl sites for hydroxylation is 1. The highest BCUT2D eigenvalue weighted by atomic mass is 14.9. The van der Waals surface area contributed by atoms with E-state index in [-0.39, 0.29) is 5.41 Å². The summed E-state index contributed by atoms with van der Waals surface area (Å²) in [6.45, 7) is 0. The van der Waals surface area contributed by atoms with Crippen molar-refractivity contribution in [3.8, 4) is 44.5 Å². The van der Waals surface area contributed by atoms with E-state index in [1.165, 1.54) is 146 Å². The zero-order valence-corrected chi connectivity index (χ0v) is 32.4. The molecule has 1 spiro atoms. The molecule has 2 heterocycles. The van der Waals surface area contributed by atoms with Crippen LogP contribution in [-0.4, -0.2) is 9.55 Å². The fraction of sp³-hybridized carbons (Fsp3) is 0.107. The lowest BCUT2D eigenvalue weighted by molar-refractivity contribution is 0.550. The summed E-state index contributed by atoms with van der Waals surface area (Å²) in [7, 11) is 2.22. The molecule has 274 valence electrons. The Hall–Kier alpha value is -6.90. The molecule has 0 saturated heterocycles. The number of nitrogens with zero attached hydrogens (tertiary/aromatic N) is 1. The van der Waals surface area contributed by atoms with E-state index in [0.29, 0.717) is 0 Å². The molecule has 1 N–H and O–H groups in total. The number of aromatic nitrogens is 2. The number of H-pyrrole nitrogens is 1. The molecule has 0 bridgehead atoms. The molecule has 9 aromatic carbocycles. The normalized spacial score (nSPS) is 14.5. The summed E-state index contributed by atoms with van der Waals surface area (Å²) in [5.74, 6) is 0. The van der Waals surface area contributed by atoms with Crippen molar-refractivity contribution in [1.29, 1.82) is 0 Å². The molecule has 2 aliphatic rings. The lowest BCUT2D eigenvalue weighted by atomic mass is 9.76. The quantitative estimate of drug-likeness (QED) is 0.174. The van der Waals surface area contributed by atoms with Crippen molar-refractivity contribution in [2.24, 2.45) is 7.05 Å². The van der Waals surface area contributed by atoms with Crippen molar-refractivity contribution in [3.63, 3.8) is 0 Å². The number of benzene rings is 9. The first-order chi connectivity index (χ1) is 28.7. The summed E-state index contributed by atoms with van der Waals surface area (Å²) >= 11 is 0. The number of hydrogen-bond acceptors (Lipinski definition) is 0. The molecule has 2 nitrogen and oxygen atoms in total. The van der Waals surface area contributed by atoms with Gasteiger partial charge in [0.2, 0.25) is 0 Å². The van der Waals surface area contributed by atoms with Crippen LogP contribution in [0.4, 0.5) is 0 Å². The third-order valence-electron chi connectivity index (χ3n) is 14.1. The highest BCUT2D eigenvalue weighted by Crippen LogP contribution is 2.60. The van der Waals surface area contributed by atoms with Crippen LogP contribution in [0, 0.1) is 0 Å². The highest BCUT2D eigenvalue weighted by Gasteiger charge is 2.45. The molecular formula is C56H40N2. The maximum Gasteiger partial charge on any atom is 0.0568 e. The maximum atomic E-state index is 3.84. The lowest BCUT2D eigenvalue weighted by Crippen LogP contribution is -2.20. The van der Waals surface area contributed by atoms with Gasteiger partial charge < -0.3 is 9.55 Å². The van der Waals surface area contributed by atoms with Crippen LogP contribution in [0.2, 0.25) is 0 Å². The number of nitrogens with one attached hydrogen (secondary N) is 1. The Labute approximate surface area is 337 Å². The Morgan fingerprint density at radius 2 is 0.966 bits per heavy atom. The van der Waals surface area contributed by atoms with Gasteiger partial charge in [-0.25, -0.2) is 0 Å². The minimum Gasteiger partial charge on any atom is -0.354 e. The van der Waals surface area contributed by atoms with Gasteiger partial charge in [0.15, 0.2) is 0 Å². The van der Waals surface area contributed by atoms with E-state index in [1.807, 2.05) is 0 Å². The average Bonchev–Trinajstić information content (AvgIpc) is 4.06. The Bertz CT molecular complexity index is 3530. The Balaban J connectivity index is 1.19. The molecule has 1 fully saturated rings.